The van der Waals surface area contributed by atoms with Gasteiger partial charge in [-0.05, 0) is 50.6 Å². The van der Waals surface area contributed by atoms with Gasteiger partial charge in [0.25, 0.3) is 5.91 Å². The minimum Gasteiger partial charge on any atom is -0.339 e. The molecule has 1 aromatic heterocycles. The normalized spacial score (nSPS) is 23.1. The van der Waals surface area contributed by atoms with Gasteiger partial charge < -0.3 is 4.90 Å². The largest absolute Gasteiger partial charge is 0.339 e. The number of amides is 1. The number of carbonyl (C=O) groups excluding carboxylic acids is 1. The van der Waals surface area contributed by atoms with Gasteiger partial charge in [-0.1, -0.05) is 6.42 Å². The number of hydrogen-bond acceptors (Lipinski definition) is 5. The topological polar surface area (TPSA) is 70.6 Å². The number of likely N-dealkylation sites (tertiary alicyclic amines) is 1. The molecule has 1 atom stereocenters. The molecule has 6 nitrogen and oxygen atoms in total. The fraction of sp³-hybridized carbons (Fsp3) is 0.750. The molecule has 0 aromatic carbocycles. The van der Waals surface area contributed by atoms with Crippen LogP contribution in [0.3, 0.4) is 0 Å². The summed E-state index contributed by atoms with van der Waals surface area (Å²) in [6, 6.07) is 0.181. The van der Waals surface area contributed by atoms with E-state index in [2.05, 4.69) is 4.37 Å². The van der Waals surface area contributed by atoms with Crippen molar-refractivity contribution in [1.82, 2.24) is 13.6 Å². The second-order valence-electron chi connectivity index (χ2n) is 6.87. The summed E-state index contributed by atoms with van der Waals surface area (Å²) < 4.78 is 30.4. The van der Waals surface area contributed by atoms with E-state index in [0.717, 1.165) is 37.8 Å². The third-order valence-corrected chi connectivity index (χ3v) is 7.23. The molecule has 0 radical (unpaired) electrons. The lowest BCUT2D eigenvalue weighted by molar-refractivity contribution is 0.0757. The van der Waals surface area contributed by atoms with Crippen LogP contribution in [0.5, 0.6) is 0 Å². The Kier molecular flexibility index (Phi) is 5.27. The molecule has 1 aliphatic heterocycles. The molecule has 2 aliphatic rings. The Hall–Kier alpha value is -0.990. The average molecular weight is 372 g/mol. The molecule has 0 bridgehead atoms. The van der Waals surface area contributed by atoms with Crippen molar-refractivity contribution in [2.75, 3.05) is 19.3 Å². The van der Waals surface area contributed by atoms with Crippen molar-refractivity contribution < 1.29 is 13.2 Å². The molecule has 3 rings (SSSR count). The molecule has 1 saturated heterocycles. The predicted molar refractivity (Wildman–Crippen MR) is 94.7 cm³/mol. The van der Waals surface area contributed by atoms with Gasteiger partial charge in [-0.2, -0.15) is 8.68 Å². The van der Waals surface area contributed by atoms with Crippen LogP contribution in [-0.2, 0) is 10.0 Å². The summed E-state index contributed by atoms with van der Waals surface area (Å²) in [5, 5.41) is 1.80. The molecule has 24 heavy (non-hydrogen) atoms. The highest BCUT2D eigenvalue weighted by atomic mass is 32.2. The van der Waals surface area contributed by atoms with Crippen LogP contribution in [-0.4, -0.2) is 59.3 Å². The summed E-state index contributed by atoms with van der Waals surface area (Å²) >= 11 is 1.30. The number of hydrogen-bond donors (Lipinski definition) is 0. The summed E-state index contributed by atoms with van der Waals surface area (Å²) in [4.78, 5) is 14.5. The quantitative estimate of drug-likeness (QED) is 0.814. The number of nitrogens with zero attached hydrogens (tertiary/aromatic N) is 3. The highest BCUT2D eigenvalue weighted by molar-refractivity contribution is 7.88. The molecule has 0 N–H and O–H groups in total. The van der Waals surface area contributed by atoms with Gasteiger partial charge in [-0.3, -0.25) is 4.79 Å². The van der Waals surface area contributed by atoms with Crippen LogP contribution in [0.15, 0.2) is 5.38 Å². The summed E-state index contributed by atoms with van der Waals surface area (Å²) in [5.74, 6) is 0.0245. The van der Waals surface area contributed by atoms with Crippen molar-refractivity contribution in [3.8, 4) is 0 Å². The van der Waals surface area contributed by atoms with Crippen molar-refractivity contribution in [1.29, 1.82) is 0 Å². The van der Waals surface area contributed by atoms with Gasteiger partial charge in [0.15, 0.2) is 0 Å². The van der Waals surface area contributed by atoms with E-state index in [0.29, 0.717) is 25.1 Å². The van der Waals surface area contributed by atoms with Gasteiger partial charge >= 0.3 is 0 Å². The Morgan fingerprint density at radius 1 is 1.21 bits per heavy atom. The first-order chi connectivity index (χ1) is 11.4. The van der Waals surface area contributed by atoms with Crippen LogP contribution in [0.25, 0.3) is 0 Å². The minimum absolute atomic E-state index is 0.0183. The molecular formula is C16H25N3O3S2. The first kappa shape index (κ1) is 17.8. The Bertz CT molecular complexity index is 697. The van der Waals surface area contributed by atoms with Gasteiger partial charge in [0.05, 0.1) is 17.5 Å². The first-order valence-corrected chi connectivity index (χ1v) is 11.2. The highest BCUT2D eigenvalue weighted by Crippen LogP contribution is 2.32. The van der Waals surface area contributed by atoms with Gasteiger partial charge in [-0.25, -0.2) is 8.42 Å². The van der Waals surface area contributed by atoms with E-state index in [4.69, 9.17) is 0 Å². The molecule has 2 heterocycles. The van der Waals surface area contributed by atoms with Crippen molar-refractivity contribution in [3.05, 3.63) is 16.6 Å². The van der Waals surface area contributed by atoms with Crippen LogP contribution in [0.4, 0.5) is 0 Å². The van der Waals surface area contributed by atoms with E-state index in [1.165, 1.54) is 17.8 Å². The lowest BCUT2D eigenvalue weighted by Gasteiger charge is -2.40. The maximum Gasteiger partial charge on any atom is 0.256 e. The molecule has 1 aromatic rings. The molecule has 1 unspecified atom stereocenters. The zero-order valence-electron chi connectivity index (χ0n) is 14.3. The van der Waals surface area contributed by atoms with E-state index in [1.54, 1.807) is 9.69 Å². The maximum absolute atomic E-state index is 12.7. The van der Waals surface area contributed by atoms with E-state index in [9.17, 15) is 13.2 Å². The van der Waals surface area contributed by atoms with Gasteiger partial charge in [0.1, 0.15) is 0 Å². The Morgan fingerprint density at radius 2 is 1.88 bits per heavy atom. The van der Waals surface area contributed by atoms with Crippen molar-refractivity contribution in [3.63, 3.8) is 0 Å². The second kappa shape index (κ2) is 7.09. The summed E-state index contributed by atoms with van der Waals surface area (Å²) in [5.41, 5.74) is 1.45. The van der Waals surface area contributed by atoms with Crippen LogP contribution in [0.1, 0.15) is 54.6 Å². The molecule has 1 amide bonds. The van der Waals surface area contributed by atoms with Crippen molar-refractivity contribution >= 4 is 27.5 Å². The number of rotatable bonds is 4. The van der Waals surface area contributed by atoms with E-state index in [-0.39, 0.29) is 18.0 Å². The van der Waals surface area contributed by atoms with Gasteiger partial charge in [0, 0.05) is 30.6 Å². The molecular weight excluding hydrogens is 346 g/mol. The average Bonchev–Trinajstić information content (AvgIpc) is 2.75. The zero-order valence-corrected chi connectivity index (χ0v) is 15.9. The number of aromatic nitrogens is 1. The smallest absolute Gasteiger partial charge is 0.256 e. The van der Waals surface area contributed by atoms with Crippen LogP contribution in [0.2, 0.25) is 0 Å². The monoisotopic (exact) mass is 371 g/mol. The van der Waals surface area contributed by atoms with E-state index < -0.39 is 10.0 Å². The Balaban J connectivity index is 1.70. The third-order valence-electron chi connectivity index (χ3n) is 5.14. The zero-order chi connectivity index (χ0) is 17.3. The fourth-order valence-corrected chi connectivity index (χ4v) is 5.88. The van der Waals surface area contributed by atoms with Crippen molar-refractivity contribution in [2.45, 2.75) is 57.5 Å². The number of carbonyl (C=O) groups is 1. The summed E-state index contributed by atoms with van der Waals surface area (Å²) in [6.07, 6.45) is 6.74. The van der Waals surface area contributed by atoms with E-state index in [1.807, 2.05) is 11.8 Å². The first-order valence-electron chi connectivity index (χ1n) is 8.56. The SMILES string of the molecule is Cc1nscc1C(=O)N1CCCC(N(C2CCC2)S(C)(=O)=O)CC1. The van der Waals surface area contributed by atoms with Gasteiger partial charge in [-0.15, -0.1) is 0 Å². The Morgan fingerprint density at radius 3 is 2.42 bits per heavy atom. The van der Waals surface area contributed by atoms with Crippen LogP contribution >= 0.6 is 11.5 Å². The lowest BCUT2D eigenvalue weighted by Crippen LogP contribution is -2.50. The minimum atomic E-state index is -3.21. The van der Waals surface area contributed by atoms with Crippen LogP contribution < -0.4 is 0 Å². The fourth-order valence-electron chi connectivity index (χ4n) is 3.69. The third kappa shape index (κ3) is 3.65. The Labute approximate surface area is 148 Å². The maximum atomic E-state index is 12.7. The van der Waals surface area contributed by atoms with E-state index >= 15 is 0 Å². The standard InChI is InChI=1S/C16H25N3O3S2/c1-12-15(11-23-17-12)16(20)18-9-4-7-14(8-10-18)19(24(2,21)22)13-5-3-6-13/h11,13-14H,3-10H2,1-2H3. The molecule has 1 aliphatic carbocycles. The molecule has 134 valence electrons. The molecule has 2 fully saturated rings. The molecule has 8 heteroatoms. The highest BCUT2D eigenvalue weighted by Gasteiger charge is 2.37. The summed E-state index contributed by atoms with van der Waals surface area (Å²) in [6.45, 7) is 3.15. The van der Waals surface area contributed by atoms with Gasteiger partial charge in [0.2, 0.25) is 10.0 Å². The van der Waals surface area contributed by atoms with Crippen LogP contribution in [0, 0.1) is 6.92 Å². The predicted octanol–water partition coefficient (Wildman–Crippen LogP) is 2.26. The second-order valence-corrected chi connectivity index (χ2v) is 9.38. The number of aryl methyl sites for hydroxylation is 1. The lowest BCUT2D eigenvalue weighted by atomic mass is 9.91. The summed E-state index contributed by atoms with van der Waals surface area (Å²) in [7, 11) is -3.21. The molecule has 0 spiro atoms. The van der Waals surface area contributed by atoms with Crippen molar-refractivity contribution in [2.24, 2.45) is 0 Å². The number of sulfonamides is 1. The molecule has 1 saturated carbocycles.